The van der Waals surface area contributed by atoms with E-state index in [0.717, 1.165) is 35.5 Å². The van der Waals surface area contributed by atoms with E-state index in [9.17, 15) is 9.59 Å². The number of amides is 1. The average molecular weight is 435 g/mol. The summed E-state index contributed by atoms with van der Waals surface area (Å²) in [5.74, 6) is -0.392. The van der Waals surface area contributed by atoms with Gasteiger partial charge >= 0.3 is 0 Å². The summed E-state index contributed by atoms with van der Waals surface area (Å²) in [6, 6.07) is 7.28. The van der Waals surface area contributed by atoms with E-state index >= 15 is 0 Å². The van der Waals surface area contributed by atoms with Crippen LogP contribution in [0.1, 0.15) is 46.3 Å². The highest BCUT2D eigenvalue weighted by Gasteiger charge is 2.30. The lowest BCUT2D eigenvalue weighted by atomic mass is 10.0. The first-order valence-electron chi connectivity index (χ1n) is 11.9. The van der Waals surface area contributed by atoms with Gasteiger partial charge in [0.25, 0.3) is 0 Å². The summed E-state index contributed by atoms with van der Waals surface area (Å²) in [6.45, 7) is -1.86. The monoisotopic (exact) mass is 434 g/mol. The van der Waals surface area contributed by atoms with Crippen molar-refractivity contribution in [3.8, 4) is 11.3 Å². The van der Waals surface area contributed by atoms with Gasteiger partial charge in [0.15, 0.2) is 5.78 Å². The van der Waals surface area contributed by atoms with Gasteiger partial charge in [0.1, 0.15) is 17.2 Å². The van der Waals surface area contributed by atoms with Crippen LogP contribution in [0, 0.1) is 5.92 Å². The number of nitrogens with one attached hydrogen (secondary N) is 2. The topological polar surface area (TPSA) is 105 Å². The minimum atomic E-state index is -2.41. The van der Waals surface area contributed by atoms with Gasteiger partial charge < -0.3 is 15.5 Å². The van der Waals surface area contributed by atoms with Crippen LogP contribution in [0.5, 0.6) is 0 Å². The predicted molar refractivity (Wildman–Crippen MR) is 122 cm³/mol. The molecular weight excluding hydrogens is 406 g/mol. The minimum Gasteiger partial charge on any atom is -0.366 e. The van der Waals surface area contributed by atoms with Crippen molar-refractivity contribution in [1.82, 2.24) is 20.0 Å². The highest BCUT2D eigenvalue weighted by atomic mass is 16.2. The Balaban J connectivity index is 1.54. The van der Waals surface area contributed by atoms with Gasteiger partial charge in [0, 0.05) is 48.4 Å². The van der Waals surface area contributed by atoms with Crippen LogP contribution in [0.3, 0.4) is 0 Å². The lowest BCUT2D eigenvalue weighted by molar-refractivity contribution is -0.117. The molecule has 3 heterocycles. The number of fused-ring (bicyclic) bond motifs is 3. The molecule has 0 atom stereocenters. The molecule has 0 bridgehead atoms. The Hall–Kier alpha value is -3.75. The summed E-state index contributed by atoms with van der Waals surface area (Å²) in [5, 5.41) is 15.0. The van der Waals surface area contributed by atoms with E-state index in [2.05, 4.69) is 25.8 Å². The Morgan fingerprint density at radius 3 is 2.84 bits per heavy atom. The number of hydrogen-bond donors (Lipinski definition) is 2. The molecule has 1 aliphatic carbocycles. The highest BCUT2D eigenvalue weighted by Crippen LogP contribution is 2.42. The normalized spacial score (nSPS) is 16.3. The van der Waals surface area contributed by atoms with Crippen molar-refractivity contribution in [3.63, 3.8) is 0 Å². The molecule has 2 aromatic heterocycles. The molecule has 2 N–H and O–H groups in total. The Morgan fingerprint density at radius 1 is 1.22 bits per heavy atom. The molecule has 32 heavy (non-hydrogen) atoms. The number of carbonyl (C=O) groups is 2. The minimum absolute atomic E-state index is 0.0129. The van der Waals surface area contributed by atoms with Gasteiger partial charge in [-0.25, -0.2) is 4.98 Å². The Morgan fingerprint density at radius 2 is 2.06 bits per heavy atom. The molecule has 1 aromatic carbocycles. The maximum absolute atomic E-state index is 12.9. The summed E-state index contributed by atoms with van der Waals surface area (Å²) in [4.78, 5) is 32.9. The van der Waals surface area contributed by atoms with Crippen LogP contribution in [0.15, 0.2) is 30.5 Å². The summed E-state index contributed by atoms with van der Waals surface area (Å²) < 4.78 is 22.5. The van der Waals surface area contributed by atoms with Gasteiger partial charge in [-0.2, -0.15) is 15.0 Å². The largest absolute Gasteiger partial charge is 0.366 e. The number of hydrogen-bond acceptors (Lipinski definition) is 7. The van der Waals surface area contributed by atoms with Gasteiger partial charge in [-0.15, -0.1) is 0 Å². The number of anilines is 4. The van der Waals surface area contributed by atoms with E-state index in [1.807, 2.05) is 30.1 Å². The lowest BCUT2D eigenvalue weighted by Gasteiger charge is -2.29. The van der Waals surface area contributed by atoms with Crippen LogP contribution >= 0.6 is 0 Å². The summed E-state index contributed by atoms with van der Waals surface area (Å²) in [5.41, 5.74) is 4.62. The third-order valence-electron chi connectivity index (χ3n) is 5.68. The van der Waals surface area contributed by atoms with Crippen LogP contribution in [-0.2, 0) is 18.4 Å². The molecule has 3 aromatic rings. The van der Waals surface area contributed by atoms with Crippen molar-refractivity contribution >= 4 is 34.6 Å². The van der Waals surface area contributed by atoms with Crippen LogP contribution in [0.2, 0.25) is 0 Å². The molecule has 0 unspecified atom stereocenters. The Kier molecular flexibility index (Phi) is 4.08. The number of nitrogens with zero attached hydrogens (tertiary/aromatic N) is 5. The number of benzene rings is 1. The Bertz CT molecular complexity index is 1330. The van der Waals surface area contributed by atoms with Crippen molar-refractivity contribution in [2.45, 2.75) is 32.7 Å². The first kappa shape index (κ1) is 16.9. The quantitative estimate of drug-likeness (QED) is 0.572. The number of aromatic nitrogens is 4. The molecule has 5 rings (SSSR count). The van der Waals surface area contributed by atoms with Crippen molar-refractivity contribution in [2.75, 3.05) is 22.6 Å². The molecule has 0 radical (unpaired) electrons. The zero-order valence-electron chi connectivity index (χ0n) is 20.8. The molecule has 0 saturated heterocycles. The highest BCUT2D eigenvalue weighted by molar-refractivity contribution is 6.03. The van der Waals surface area contributed by atoms with Crippen LogP contribution in [0.25, 0.3) is 11.3 Å². The van der Waals surface area contributed by atoms with Gasteiger partial charge in [-0.3, -0.25) is 9.59 Å². The molecule has 1 saturated carbocycles. The van der Waals surface area contributed by atoms with Gasteiger partial charge in [0.2, 0.25) is 5.91 Å². The van der Waals surface area contributed by atoms with Crippen molar-refractivity contribution in [1.29, 1.82) is 0 Å². The average Bonchev–Trinajstić information content (AvgIpc) is 3.55. The van der Waals surface area contributed by atoms with Crippen molar-refractivity contribution in [2.24, 2.45) is 13.0 Å². The lowest BCUT2D eigenvalue weighted by Crippen LogP contribution is -2.23. The van der Waals surface area contributed by atoms with E-state index in [1.165, 1.54) is 11.0 Å². The molecule has 164 valence electrons. The standard InChI is InChI=1S/C23H25N7O2/c1-4-19(31)15-11-24-20(26-23(32)13-8-9-13)10-17(15)25-16-7-5-6-14-21-18(27-30(3)28-21)12-29(2)22(14)16/h5-7,10-11,13H,4,8-9,12H2,1-3H3,(H2,24,25,26,32)/i1D3. The molecule has 2 aliphatic rings. The molecule has 9 nitrogen and oxygen atoms in total. The van der Waals surface area contributed by atoms with Crippen LogP contribution < -0.4 is 15.5 Å². The summed E-state index contributed by atoms with van der Waals surface area (Å²) >= 11 is 0. The number of Topliss-reactive ketones (excluding diaryl/α,β-unsaturated/α-hetero) is 1. The second kappa shape index (κ2) is 7.74. The number of para-hydroxylation sites is 1. The molecule has 1 aliphatic heterocycles. The van der Waals surface area contributed by atoms with E-state index in [-0.39, 0.29) is 17.4 Å². The number of pyridine rings is 1. The number of aryl methyl sites for hydroxylation is 1. The fourth-order valence-electron chi connectivity index (χ4n) is 3.98. The second-order valence-electron chi connectivity index (χ2n) is 8.15. The summed E-state index contributed by atoms with van der Waals surface area (Å²) in [7, 11) is 3.72. The van der Waals surface area contributed by atoms with E-state index in [0.29, 0.717) is 23.7 Å². The third kappa shape index (κ3) is 3.59. The zero-order chi connectivity index (χ0) is 24.9. The van der Waals surface area contributed by atoms with Gasteiger partial charge in [-0.05, 0) is 18.9 Å². The molecule has 9 heteroatoms. The van der Waals surface area contributed by atoms with Crippen LogP contribution in [0.4, 0.5) is 22.9 Å². The van der Waals surface area contributed by atoms with Crippen molar-refractivity contribution in [3.05, 3.63) is 41.7 Å². The molecule has 1 amide bonds. The first-order chi connectivity index (χ1) is 16.6. The third-order valence-corrected chi connectivity index (χ3v) is 5.68. The van der Waals surface area contributed by atoms with E-state index in [1.54, 1.807) is 13.1 Å². The molecule has 1 fully saturated rings. The smallest absolute Gasteiger partial charge is 0.228 e. The maximum Gasteiger partial charge on any atom is 0.228 e. The fraction of sp³-hybridized carbons (Fsp3) is 0.348. The Labute approximate surface area is 190 Å². The fourth-order valence-corrected chi connectivity index (χ4v) is 3.98. The first-order valence-corrected chi connectivity index (χ1v) is 10.4. The zero-order valence-corrected chi connectivity index (χ0v) is 17.8. The van der Waals surface area contributed by atoms with E-state index in [4.69, 9.17) is 4.11 Å². The number of ketones is 1. The second-order valence-corrected chi connectivity index (χ2v) is 8.15. The van der Waals surface area contributed by atoms with E-state index < -0.39 is 19.1 Å². The SMILES string of the molecule is [2H]C([2H])([2H])CC(=O)c1cnc(NC(=O)C2CC2)cc1Nc1cccc2c1N(C)Cc1nn(C)nc1-2. The molecule has 0 spiro atoms. The van der Waals surface area contributed by atoms with Gasteiger partial charge in [0.05, 0.1) is 29.2 Å². The van der Waals surface area contributed by atoms with Gasteiger partial charge in [-0.1, -0.05) is 19.0 Å². The van der Waals surface area contributed by atoms with Crippen molar-refractivity contribution < 1.29 is 13.7 Å². The molecular formula is C23H25N7O2. The maximum atomic E-state index is 12.9. The summed E-state index contributed by atoms with van der Waals surface area (Å²) in [6.07, 6.45) is 2.39. The number of rotatable bonds is 6. The van der Waals surface area contributed by atoms with Crippen LogP contribution in [-0.4, -0.2) is 38.7 Å². The predicted octanol–water partition coefficient (Wildman–Crippen LogP) is 3.51. The number of carbonyl (C=O) groups excluding carboxylic acids is 2.